The van der Waals surface area contributed by atoms with Crippen LogP contribution in [0.3, 0.4) is 0 Å². The van der Waals surface area contributed by atoms with Crippen molar-refractivity contribution in [2.24, 2.45) is 5.92 Å². The zero-order chi connectivity index (χ0) is 14.5. The fourth-order valence-corrected chi connectivity index (χ4v) is 3.42. The lowest BCUT2D eigenvalue weighted by Crippen LogP contribution is -2.58. The summed E-state index contributed by atoms with van der Waals surface area (Å²) in [7, 11) is 0. The molecule has 0 aliphatic carbocycles. The fourth-order valence-electron chi connectivity index (χ4n) is 3.42. The van der Waals surface area contributed by atoms with Crippen LogP contribution >= 0.6 is 0 Å². The molecule has 1 aliphatic rings. The van der Waals surface area contributed by atoms with Gasteiger partial charge in [0.15, 0.2) is 0 Å². The molecule has 1 aliphatic heterocycles. The molecule has 1 N–H and O–H groups in total. The molecule has 20 heavy (non-hydrogen) atoms. The van der Waals surface area contributed by atoms with Crippen molar-refractivity contribution in [2.75, 3.05) is 13.1 Å². The molecule has 2 heteroatoms. The molecule has 1 heterocycles. The van der Waals surface area contributed by atoms with Crippen molar-refractivity contribution in [3.05, 3.63) is 35.9 Å². The van der Waals surface area contributed by atoms with Crippen LogP contribution in [0.1, 0.15) is 39.7 Å². The molecule has 0 saturated carbocycles. The van der Waals surface area contributed by atoms with Crippen LogP contribution in [0.2, 0.25) is 0 Å². The van der Waals surface area contributed by atoms with E-state index in [4.69, 9.17) is 0 Å². The topological polar surface area (TPSA) is 15.3 Å². The van der Waals surface area contributed by atoms with E-state index < -0.39 is 0 Å². The SMILES string of the molecule is CC(C)CC(C)N1CC(Cc2ccccc2)NCC1C. The molecule has 3 atom stereocenters. The third-order valence-electron chi connectivity index (χ3n) is 4.40. The van der Waals surface area contributed by atoms with E-state index in [-0.39, 0.29) is 0 Å². The molecule has 1 aromatic rings. The molecule has 2 rings (SSSR count). The van der Waals surface area contributed by atoms with E-state index in [1.165, 1.54) is 18.5 Å². The minimum absolute atomic E-state index is 0.586. The first kappa shape index (κ1) is 15.5. The average Bonchev–Trinajstić information content (AvgIpc) is 2.41. The maximum absolute atomic E-state index is 3.71. The molecule has 1 fully saturated rings. The Hall–Kier alpha value is -0.860. The summed E-state index contributed by atoms with van der Waals surface area (Å²) in [6, 6.07) is 12.8. The average molecular weight is 274 g/mol. The zero-order valence-corrected chi connectivity index (χ0v) is 13.5. The number of rotatable bonds is 5. The van der Waals surface area contributed by atoms with E-state index in [2.05, 4.69) is 68.2 Å². The van der Waals surface area contributed by atoms with Gasteiger partial charge in [0, 0.05) is 31.2 Å². The number of nitrogens with zero attached hydrogens (tertiary/aromatic N) is 1. The van der Waals surface area contributed by atoms with Crippen LogP contribution < -0.4 is 5.32 Å². The second-order valence-corrected chi connectivity index (χ2v) is 6.82. The number of nitrogens with one attached hydrogen (secondary N) is 1. The first-order valence-corrected chi connectivity index (χ1v) is 8.09. The number of hydrogen-bond donors (Lipinski definition) is 1. The van der Waals surface area contributed by atoms with Gasteiger partial charge in [-0.05, 0) is 38.2 Å². The fraction of sp³-hybridized carbons (Fsp3) is 0.667. The third-order valence-corrected chi connectivity index (χ3v) is 4.40. The van der Waals surface area contributed by atoms with Gasteiger partial charge in [-0.3, -0.25) is 4.90 Å². The van der Waals surface area contributed by atoms with Crippen molar-refractivity contribution in [2.45, 2.75) is 58.7 Å². The Morgan fingerprint density at radius 1 is 1.20 bits per heavy atom. The van der Waals surface area contributed by atoms with E-state index in [0.717, 1.165) is 18.9 Å². The van der Waals surface area contributed by atoms with Crippen LogP contribution in [0.5, 0.6) is 0 Å². The van der Waals surface area contributed by atoms with Crippen LogP contribution in [0.4, 0.5) is 0 Å². The molecule has 2 nitrogen and oxygen atoms in total. The molecule has 1 saturated heterocycles. The van der Waals surface area contributed by atoms with Gasteiger partial charge in [-0.25, -0.2) is 0 Å². The molecule has 0 bridgehead atoms. The van der Waals surface area contributed by atoms with Crippen molar-refractivity contribution in [3.8, 4) is 0 Å². The smallest absolute Gasteiger partial charge is 0.0236 e. The van der Waals surface area contributed by atoms with Crippen molar-refractivity contribution in [3.63, 3.8) is 0 Å². The lowest BCUT2D eigenvalue weighted by molar-refractivity contribution is 0.0879. The minimum Gasteiger partial charge on any atom is -0.311 e. The van der Waals surface area contributed by atoms with Crippen LogP contribution in [0.15, 0.2) is 30.3 Å². The maximum atomic E-state index is 3.71. The summed E-state index contributed by atoms with van der Waals surface area (Å²) in [6.45, 7) is 11.7. The first-order chi connectivity index (χ1) is 9.56. The van der Waals surface area contributed by atoms with Gasteiger partial charge in [0.1, 0.15) is 0 Å². The molecular weight excluding hydrogens is 244 g/mol. The lowest BCUT2D eigenvalue weighted by atomic mass is 9.97. The molecule has 3 unspecified atom stereocenters. The van der Waals surface area contributed by atoms with Gasteiger partial charge in [0.25, 0.3) is 0 Å². The summed E-state index contributed by atoms with van der Waals surface area (Å²) in [6.07, 6.45) is 2.43. The molecule has 0 amide bonds. The Morgan fingerprint density at radius 2 is 1.90 bits per heavy atom. The monoisotopic (exact) mass is 274 g/mol. The van der Waals surface area contributed by atoms with Crippen molar-refractivity contribution >= 4 is 0 Å². The summed E-state index contributed by atoms with van der Waals surface area (Å²) in [4.78, 5) is 2.70. The Morgan fingerprint density at radius 3 is 2.55 bits per heavy atom. The standard InChI is InChI=1S/C18H30N2/c1-14(2)10-15(3)20-13-18(19-12-16(20)4)11-17-8-6-5-7-9-17/h5-9,14-16,18-19H,10-13H2,1-4H3. The minimum atomic E-state index is 0.586. The van der Waals surface area contributed by atoms with Gasteiger partial charge >= 0.3 is 0 Å². The lowest BCUT2D eigenvalue weighted by Gasteiger charge is -2.43. The quantitative estimate of drug-likeness (QED) is 0.886. The van der Waals surface area contributed by atoms with Crippen LogP contribution in [0, 0.1) is 5.92 Å². The van der Waals surface area contributed by atoms with Gasteiger partial charge in [-0.1, -0.05) is 44.2 Å². The molecule has 0 radical (unpaired) electrons. The third kappa shape index (κ3) is 4.32. The highest BCUT2D eigenvalue weighted by Gasteiger charge is 2.28. The maximum Gasteiger partial charge on any atom is 0.0236 e. The van der Waals surface area contributed by atoms with E-state index in [0.29, 0.717) is 18.1 Å². The van der Waals surface area contributed by atoms with Crippen LogP contribution in [0.25, 0.3) is 0 Å². The summed E-state index contributed by atoms with van der Waals surface area (Å²) < 4.78 is 0. The summed E-state index contributed by atoms with van der Waals surface area (Å²) in [5.74, 6) is 0.777. The van der Waals surface area contributed by atoms with Crippen molar-refractivity contribution < 1.29 is 0 Å². The molecule has 112 valence electrons. The first-order valence-electron chi connectivity index (χ1n) is 8.09. The van der Waals surface area contributed by atoms with Gasteiger partial charge in [0.05, 0.1) is 0 Å². The van der Waals surface area contributed by atoms with Crippen molar-refractivity contribution in [1.29, 1.82) is 0 Å². The van der Waals surface area contributed by atoms with Gasteiger partial charge < -0.3 is 5.32 Å². The number of hydrogen-bond acceptors (Lipinski definition) is 2. The molecule has 0 aromatic heterocycles. The zero-order valence-electron chi connectivity index (χ0n) is 13.5. The number of benzene rings is 1. The normalized spacial score (nSPS) is 25.9. The number of piperazine rings is 1. The van der Waals surface area contributed by atoms with E-state index in [1.54, 1.807) is 0 Å². The van der Waals surface area contributed by atoms with Gasteiger partial charge in [-0.2, -0.15) is 0 Å². The highest BCUT2D eigenvalue weighted by molar-refractivity contribution is 5.16. The largest absolute Gasteiger partial charge is 0.311 e. The van der Waals surface area contributed by atoms with Crippen LogP contribution in [-0.2, 0) is 6.42 Å². The summed E-state index contributed by atoms with van der Waals surface area (Å²) >= 11 is 0. The second-order valence-electron chi connectivity index (χ2n) is 6.82. The molecule has 1 aromatic carbocycles. The Bertz CT molecular complexity index is 388. The van der Waals surface area contributed by atoms with Gasteiger partial charge in [-0.15, -0.1) is 0 Å². The van der Waals surface area contributed by atoms with E-state index in [9.17, 15) is 0 Å². The van der Waals surface area contributed by atoms with E-state index in [1.807, 2.05) is 0 Å². The van der Waals surface area contributed by atoms with Crippen molar-refractivity contribution in [1.82, 2.24) is 10.2 Å². The summed E-state index contributed by atoms with van der Waals surface area (Å²) in [5, 5.41) is 3.71. The predicted octanol–water partition coefficient (Wildman–Crippen LogP) is 3.33. The van der Waals surface area contributed by atoms with E-state index >= 15 is 0 Å². The predicted molar refractivity (Wildman–Crippen MR) is 87.0 cm³/mol. The highest BCUT2D eigenvalue weighted by atomic mass is 15.2. The second kappa shape index (κ2) is 7.24. The Balaban J connectivity index is 1.93. The molecular formula is C18H30N2. The Kier molecular flexibility index (Phi) is 5.62. The highest BCUT2D eigenvalue weighted by Crippen LogP contribution is 2.18. The van der Waals surface area contributed by atoms with Crippen LogP contribution in [-0.4, -0.2) is 36.1 Å². The van der Waals surface area contributed by atoms with Gasteiger partial charge in [0.2, 0.25) is 0 Å². The molecule has 0 spiro atoms. The Labute approximate surface area is 124 Å². The summed E-state index contributed by atoms with van der Waals surface area (Å²) in [5.41, 5.74) is 1.44.